The summed E-state index contributed by atoms with van der Waals surface area (Å²) >= 11 is 0. The first-order valence-corrected chi connectivity index (χ1v) is 16.8. The van der Waals surface area contributed by atoms with Crippen LogP contribution in [0.15, 0.2) is 39.5 Å². The van der Waals surface area contributed by atoms with Crippen LogP contribution in [0.25, 0.3) is 6.08 Å². The molecule has 260 valence electrons. The van der Waals surface area contributed by atoms with Crippen LogP contribution in [-0.2, 0) is 30.9 Å². The molecule has 1 aromatic heterocycles. The van der Waals surface area contributed by atoms with Crippen LogP contribution >= 0.6 is 0 Å². The maximum absolute atomic E-state index is 13.2. The van der Waals surface area contributed by atoms with Gasteiger partial charge in [0.15, 0.2) is 5.78 Å². The molecular weight excluding hydrogens is 630 g/mol. The fourth-order valence-electron chi connectivity index (χ4n) is 8.91. The monoisotopic (exact) mass is 673 g/mol. The maximum atomic E-state index is 13.2. The van der Waals surface area contributed by atoms with Crippen LogP contribution in [0.2, 0.25) is 0 Å². The van der Waals surface area contributed by atoms with Gasteiger partial charge in [0, 0.05) is 36.7 Å². The van der Waals surface area contributed by atoms with Crippen molar-refractivity contribution < 1.29 is 34.1 Å². The maximum Gasteiger partial charge on any atom is 0.343 e. The number of esters is 1. The second kappa shape index (κ2) is 12.0. The number of hydrogen-bond donors (Lipinski definition) is 5. The molecule has 5 heterocycles. The summed E-state index contributed by atoms with van der Waals surface area (Å²) in [6.07, 6.45) is 9.82. The Morgan fingerprint density at radius 2 is 2.10 bits per heavy atom. The summed E-state index contributed by atoms with van der Waals surface area (Å²) in [4.78, 5) is 46.8. The number of carbonyl (C=O) groups is 3. The molecule has 1 amide bonds. The molecule has 14 heteroatoms. The number of rotatable bonds is 9. The SMILES string of the molecule is CC(NC1CC2[C@](C)(CC[C@@H](O)[C@@]2(C)CO)C(/C=C/C2=CC(=C\c3nn(C)c4c3C(=N)CC(=O)N4)/OC2=O)C12CO2)C(=O)CC1=NCC=N1. The van der Waals surface area contributed by atoms with E-state index in [1.807, 2.05) is 19.9 Å². The molecule has 6 aliphatic rings. The lowest BCUT2D eigenvalue weighted by molar-refractivity contribution is -0.174. The Morgan fingerprint density at radius 1 is 1.33 bits per heavy atom. The average molecular weight is 674 g/mol. The summed E-state index contributed by atoms with van der Waals surface area (Å²) in [6.45, 7) is 6.70. The van der Waals surface area contributed by atoms with E-state index >= 15 is 0 Å². The lowest BCUT2D eigenvalue weighted by Crippen LogP contribution is -2.67. The Kier molecular flexibility index (Phi) is 8.20. The summed E-state index contributed by atoms with van der Waals surface area (Å²) < 4.78 is 13.4. The molecule has 7 rings (SSSR count). The van der Waals surface area contributed by atoms with Gasteiger partial charge in [-0.1, -0.05) is 26.0 Å². The summed E-state index contributed by atoms with van der Waals surface area (Å²) in [5.74, 6) is -0.0101. The van der Waals surface area contributed by atoms with Gasteiger partial charge >= 0.3 is 5.97 Å². The number of hydrogen-bond acceptors (Lipinski definition) is 12. The second-order valence-electron chi connectivity index (χ2n) is 14.7. The van der Waals surface area contributed by atoms with Gasteiger partial charge in [0.25, 0.3) is 0 Å². The predicted octanol–water partition coefficient (Wildman–Crippen LogP) is 1.86. The molecule has 1 spiro atoms. The van der Waals surface area contributed by atoms with Crippen LogP contribution in [0.5, 0.6) is 0 Å². The Labute approximate surface area is 283 Å². The highest BCUT2D eigenvalue weighted by molar-refractivity contribution is 6.20. The number of cyclic esters (lactones) is 1. The van der Waals surface area contributed by atoms with E-state index in [2.05, 4.69) is 32.6 Å². The number of aliphatic imine (C=N–C) groups is 2. The average Bonchev–Trinajstić information content (AvgIpc) is 3.32. The zero-order chi connectivity index (χ0) is 34.9. The number of ether oxygens (including phenoxy) is 2. The molecule has 0 bridgehead atoms. The first-order valence-electron chi connectivity index (χ1n) is 16.8. The van der Waals surface area contributed by atoms with E-state index in [1.165, 1.54) is 4.68 Å². The number of amidine groups is 1. The minimum absolute atomic E-state index is 0.0347. The fraction of sp³-hybridized carbons (Fsp3) is 0.571. The van der Waals surface area contributed by atoms with Crippen LogP contribution in [0.3, 0.4) is 0 Å². The number of epoxide rings is 1. The molecule has 5 N–H and O–H groups in total. The van der Waals surface area contributed by atoms with Gasteiger partial charge in [0.1, 0.15) is 28.7 Å². The third-order valence-electron chi connectivity index (χ3n) is 11.8. The third kappa shape index (κ3) is 5.54. The number of aryl methyl sites for hydroxylation is 1. The number of Topliss-reactive ketones (excluding diaryl/α,β-unsaturated/α-hetero) is 1. The van der Waals surface area contributed by atoms with Crippen molar-refractivity contribution in [2.24, 2.45) is 39.7 Å². The number of amides is 1. The molecule has 1 saturated heterocycles. The van der Waals surface area contributed by atoms with Crippen molar-refractivity contribution in [2.45, 2.75) is 76.7 Å². The van der Waals surface area contributed by atoms with Gasteiger partial charge in [0.05, 0.1) is 61.6 Å². The van der Waals surface area contributed by atoms with E-state index in [9.17, 15) is 24.6 Å². The van der Waals surface area contributed by atoms with Gasteiger partial charge in [-0.2, -0.15) is 5.10 Å². The normalized spacial score (nSPS) is 36.4. The highest BCUT2D eigenvalue weighted by Gasteiger charge is 2.70. The lowest BCUT2D eigenvalue weighted by atomic mass is 9.44. The Hall–Kier alpha value is -4.11. The van der Waals surface area contributed by atoms with Crippen molar-refractivity contribution in [3.8, 4) is 0 Å². The molecule has 2 saturated carbocycles. The molecule has 2 aliphatic carbocycles. The number of carbonyl (C=O) groups excluding carboxylic acids is 3. The number of ketones is 1. The van der Waals surface area contributed by atoms with Crippen molar-refractivity contribution in [1.29, 1.82) is 5.41 Å². The largest absolute Gasteiger partial charge is 0.423 e. The van der Waals surface area contributed by atoms with Gasteiger partial charge in [-0.05, 0) is 43.6 Å². The smallest absolute Gasteiger partial charge is 0.343 e. The predicted molar refractivity (Wildman–Crippen MR) is 180 cm³/mol. The van der Waals surface area contributed by atoms with Crippen molar-refractivity contribution in [3.05, 3.63) is 40.8 Å². The first-order chi connectivity index (χ1) is 23.3. The van der Waals surface area contributed by atoms with E-state index in [4.69, 9.17) is 14.9 Å². The van der Waals surface area contributed by atoms with Crippen molar-refractivity contribution in [3.63, 3.8) is 0 Å². The molecule has 14 nitrogen and oxygen atoms in total. The quantitative estimate of drug-likeness (QED) is 0.191. The number of fused-ring (bicyclic) bond motifs is 2. The minimum atomic E-state index is -0.785. The highest BCUT2D eigenvalue weighted by Crippen LogP contribution is 2.65. The van der Waals surface area contributed by atoms with E-state index in [-0.39, 0.29) is 60.5 Å². The lowest BCUT2D eigenvalue weighted by Gasteiger charge is -2.62. The topological polar surface area (TPSA) is 204 Å². The van der Waals surface area contributed by atoms with Gasteiger partial charge < -0.3 is 35.7 Å². The Morgan fingerprint density at radius 3 is 2.80 bits per heavy atom. The zero-order valence-electron chi connectivity index (χ0n) is 28.2. The summed E-state index contributed by atoms with van der Waals surface area (Å²) in [7, 11) is 1.67. The first kappa shape index (κ1) is 33.4. The molecule has 4 aliphatic heterocycles. The number of allylic oxidation sites excluding steroid dienone is 1. The summed E-state index contributed by atoms with van der Waals surface area (Å²) in [5.41, 5.74) is -0.486. The summed E-state index contributed by atoms with van der Waals surface area (Å²) in [6, 6.07) is -0.782. The van der Waals surface area contributed by atoms with Crippen LogP contribution in [-0.4, -0.2) is 99.0 Å². The van der Waals surface area contributed by atoms with Crippen LogP contribution < -0.4 is 10.6 Å². The minimum Gasteiger partial charge on any atom is -0.423 e. The van der Waals surface area contributed by atoms with Gasteiger partial charge in [-0.25, -0.2) is 9.79 Å². The third-order valence-corrected chi connectivity index (χ3v) is 11.8. The van der Waals surface area contributed by atoms with E-state index in [0.717, 1.165) is 0 Å². The number of anilines is 1. The molecular formula is C35H43N7O7. The molecule has 0 aromatic carbocycles. The van der Waals surface area contributed by atoms with E-state index < -0.39 is 34.5 Å². The number of nitrogens with zero attached hydrogens (tertiary/aromatic N) is 4. The molecule has 49 heavy (non-hydrogen) atoms. The number of aliphatic hydroxyl groups excluding tert-OH is 2. The number of aliphatic hydroxyl groups is 2. The highest BCUT2D eigenvalue weighted by atomic mass is 16.6. The van der Waals surface area contributed by atoms with Crippen LogP contribution in [0.4, 0.5) is 5.82 Å². The molecule has 0 radical (unpaired) electrons. The Balaban J connectivity index is 1.19. The van der Waals surface area contributed by atoms with Gasteiger partial charge in [-0.3, -0.25) is 19.3 Å². The van der Waals surface area contributed by atoms with Crippen LogP contribution in [0.1, 0.15) is 64.1 Å². The second-order valence-corrected chi connectivity index (χ2v) is 14.7. The van der Waals surface area contributed by atoms with E-state index in [1.54, 1.807) is 31.5 Å². The zero-order valence-corrected chi connectivity index (χ0v) is 28.2. The van der Waals surface area contributed by atoms with Crippen molar-refractivity contribution in [2.75, 3.05) is 25.1 Å². The molecule has 1 aromatic rings. The standard InChI is InChI=1S/C35H43N7O7/c1-18(23(44)14-28-37-9-10-38-28)39-26-15-25-33(2,8-7-27(45)34(25,3)16-43)24(35(26)17-48-35)6-5-19-11-20(49-32(19)47)12-22-30-21(36)13-29(46)40-31(30)42(4)41-22/h5-6,9,11-12,18,24-27,36,39,43,45H,7-8,10,13-17H2,1-4H3,(H,40,46)/b6-5+,20-12+,36-21?/t18?,24?,25?,26?,27-,33-,34+,35?/m1/s1. The number of nitrogens with one attached hydrogen (secondary N) is 3. The number of aromatic nitrogens is 2. The van der Waals surface area contributed by atoms with Crippen molar-refractivity contribution >= 4 is 47.3 Å². The van der Waals surface area contributed by atoms with Crippen LogP contribution in [0, 0.1) is 28.1 Å². The Bertz CT molecular complexity index is 1780. The molecule has 5 unspecified atom stereocenters. The fourth-order valence-corrected chi connectivity index (χ4v) is 8.91. The van der Waals surface area contributed by atoms with Gasteiger partial charge in [0.2, 0.25) is 5.91 Å². The van der Waals surface area contributed by atoms with E-state index in [0.29, 0.717) is 60.9 Å². The molecule has 3 fully saturated rings. The van der Waals surface area contributed by atoms with Crippen molar-refractivity contribution in [1.82, 2.24) is 15.1 Å². The molecule has 8 atom stereocenters. The summed E-state index contributed by atoms with van der Waals surface area (Å²) in [5, 5.41) is 41.0. The van der Waals surface area contributed by atoms with Gasteiger partial charge in [-0.15, -0.1) is 0 Å².